The second kappa shape index (κ2) is 11.5. The molecule has 1 aliphatic heterocycles. The maximum atomic E-state index is 12.7. The lowest BCUT2D eigenvalue weighted by Gasteiger charge is -2.22. The van der Waals surface area contributed by atoms with E-state index in [0.29, 0.717) is 31.2 Å². The van der Waals surface area contributed by atoms with Crippen LogP contribution in [-0.4, -0.2) is 35.3 Å². The van der Waals surface area contributed by atoms with E-state index in [1.807, 2.05) is 61.5 Å². The summed E-state index contributed by atoms with van der Waals surface area (Å²) in [5.74, 6) is -0.383. The van der Waals surface area contributed by atoms with Crippen molar-refractivity contribution in [2.24, 2.45) is 5.92 Å². The van der Waals surface area contributed by atoms with E-state index in [2.05, 4.69) is 24.7 Å². The normalized spacial score (nSPS) is 17.4. The Morgan fingerprint density at radius 3 is 2.42 bits per heavy atom. The number of para-hydroxylation sites is 1. The zero-order valence-electron chi connectivity index (χ0n) is 19.5. The van der Waals surface area contributed by atoms with Gasteiger partial charge in [0, 0.05) is 19.5 Å². The fraction of sp³-hybridized carbons (Fsp3) is 0.423. The highest BCUT2D eigenvalue weighted by Gasteiger charge is 2.34. The molecule has 2 aromatic rings. The van der Waals surface area contributed by atoms with E-state index in [9.17, 15) is 14.4 Å². The molecule has 0 bridgehead atoms. The molecule has 1 fully saturated rings. The molecule has 1 aliphatic rings. The van der Waals surface area contributed by atoms with Crippen LogP contribution in [0.5, 0.6) is 5.75 Å². The summed E-state index contributed by atoms with van der Waals surface area (Å²) in [7, 11) is 0. The Morgan fingerprint density at radius 1 is 1.03 bits per heavy atom. The van der Waals surface area contributed by atoms with E-state index in [4.69, 9.17) is 4.74 Å². The summed E-state index contributed by atoms with van der Waals surface area (Å²) in [4.78, 5) is 39.3. The summed E-state index contributed by atoms with van der Waals surface area (Å²) >= 11 is 0. The standard InChI is InChI=1S/C26H33N3O4/c1-4-18(3)21-13-9-10-14-23(21)33-22(5-2)26(32)28-27-25(31)20-15-24(30)29(17-20)16-19-11-7-6-8-12-19/h6-14,18,20,22H,4-5,15-17H2,1-3H3,(H,27,31)(H,28,32). The van der Waals surface area contributed by atoms with Gasteiger partial charge in [0.05, 0.1) is 5.92 Å². The van der Waals surface area contributed by atoms with E-state index in [1.54, 1.807) is 4.90 Å². The first-order valence-corrected chi connectivity index (χ1v) is 11.6. The Morgan fingerprint density at radius 2 is 1.73 bits per heavy atom. The highest BCUT2D eigenvalue weighted by Crippen LogP contribution is 2.29. The summed E-state index contributed by atoms with van der Waals surface area (Å²) in [6.45, 7) is 6.88. The van der Waals surface area contributed by atoms with Gasteiger partial charge in [-0.1, -0.05) is 69.3 Å². The number of carbonyl (C=O) groups excluding carboxylic acids is 3. The molecule has 2 N–H and O–H groups in total. The number of hydrazine groups is 1. The number of likely N-dealkylation sites (tertiary alicyclic amines) is 1. The van der Waals surface area contributed by atoms with Crippen LogP contribution >= 0.6 is 0 Å². The van der Waals surface area contributed by atoms with Crippen molar-refractivity contribution in [1.29, 1.82) is 0 Å². The van der Waals surface area contributed by atoms with Gasteiger partial charge in [0.25, 0.3) is 5.91 Å². The molecule has 0 aromatic heterocycles. The summed E-state index contributed by atoms with van der Waals surface area (Å²) in [6, 6.07) is 17.4. The quantitative estimate of drug-likeness (QED) is 0.571. The van der Waals surface area contributed by atoms with Crippen molar-refractivity contribution in [3.8, 4) is 5.75 Å². The Kier molecular flexibility index (Phi) is 8.46. The molecule has 2 aromatic carbocycles. The fourth-order valence-corrected chi connectivity index (χ4v) is 3.90. The SMILES string of the molecule is CCC(Oc1ccccc1C(C)CC)C(=O)NNC(=O)C1CC(=O)N(Cc2ccccc2)C1. The average Bonchev–Trinajstić information content (AvgIpc) is 3.21. The second-order valence-electron chi connectivity index (χ2n) is 8.50. The zero-order chi connectivity index (χ0) is 23.8. The van der Waals surface area contributed by atoms with E-state index in [-0.39, 0.29) is 18.2 Å². The van der Waals surface area contributed by atoms with Crippen LogP contribution in [0.2, 0.25) is 0 Å². The van der Waals surface area contributed by atoms with Gasteiger partial charge in [-0.25, -0.2) is 0 Å². The van der Waals surface area contributed by atoms with Crippen molar-refractivity contribution < 1.29 is 19.1 Å². The van der Waals surface area contributed by atoms with Crippen LogP contribution in [0.3, 0.4) is 0 Å². The number of nitrogens with zero attached hydrogens (tertiary/aromatic N) is 1. The third-order valence-electron chi connectivity index (χ3n) is 6.11. The third-order valence-corrected chi connectivity index (χ3v) is 6.11. The molecule has 7 heteroatoms. The minimum Gasteiger partial charge on any atom is -0.480 e. The van der Waals surface area contributed by atoms with Crippen molar-refractivity contribution in [3.63, 3.8) is 0 Å². The van der Waals surface area contributed by atoms with E-state index in [0.717, 1.165) is 17.5 Å². The Labute approximate surface area is 195 Å². The Hall–Kier alpha value is -3.35. The largest absolute Gasteiger partial charge is 0.480 e. The predicted molar refractivity (Wildman–Crippen MR) is 126 cm³/mol. The monoisotopic (exact) mass is 451 g/mol. The number of rotatable bonds is 9. The first-order valence-electron chi connectivity index (χ1n) is 11.6. The number of nitrogens with one attached hydrogen (secondary N) is 2. The molecule has 0 radical (unpaired) electrons. The molecule has 33 heavy (non-hydrogen) atoms. The van der Waals surface area contributed by atoms with Gasteiger partial charge in [-0.05, 0) is 36.0 Å². The van der Waals surface area contributed by atoms with Crippen LogP contribution in [-0.2, 0) is 20.9 Å². The van der Waals surface area contributed by atoms with E-state index in [1.165, 1.54) is 0 Å². The third kappa shape index (κ3) is 6.34. The lowest BCUT2D eigenvalue weighted by molar-refractivity contribution is -0.134. The van der Waals surface area contributed by atoms with Crippen LogP contribution in [0, 0.1) is 5.92 Å². The van der Waals surface area contributed by atoms with Gasteiger partial charge in [0.15, 0.2) is 6.10 Å². The van der Waals surface area contributed by atoms with Gasteiger partial charge in [0.1, 0.15) is 5.75 Å². The molecule has 1 heterocycles. The highest BCUT2D eigenvalue weighted by atomic mass is 16.5. The van der Waals surface area contributed by atoms with E-state index >= 15 is 0 Å². The maximum absolute atomic E-state index is 12.7. The van der Waals surface area contributed by atoms with Gasteiger partial charge in [-0.2, -0.15) is 0 Å². The fourth-order valence-electron chi connectivity index (χ4n) is 3.90. The van der Waals surface area contributed by atoms with Crippen molar-refractivity contribution in [1.82, 2.24) is 15.8 Å². The van der Waals surface area contributed by atoms with Crippen molar-refractivity contribution in [2.75, 3.05) is 6.54 Å². The molecule has 1 saturated heterocycles. The molecular weight excluding hydrogens is 418 g/mol. The molecule has 3 rings (SSSR count). The van der Waals surface area contributed by atoms with Crippen molar-refractivity contribution in [3.05, 3.63) is 65.7 Å². The average molecular weight is 452 g/mol. The van der Waals surface area contributed by atoms with Gasteiger partial charge < -0.3 is 9.64 Å². The lowest BCUT2D eigenvalue weighted by Crippen LogP contribution is -2.50. The summed E-state index contributed by atoms with van der Waals surface area (Å²) in [5, 5.41) is 0. The van der Waals surface area contributed by atoms with Gasteiger partial charge in [-0.3, -0.25) is 25.2 Å². The van der Waals surface area contributed by atoms with Crippen molar-refractivity contribution in [2.45, 2.75) is 58.6 Å². The number of benzene rings is 2. The first kappa shape index (κ1) is 24.3. The highest BCUT2D eigenvalue weighted by molar-refractivity contribution is 5.91. The number of hydrogen-bond acceptors (Lipinski definition) is 4. The number of carbonyl (C=O) groups is 3. The minimum atomic E-state index is -0.740. The van der Waals surface area contributed by atoms with Crippen LogP contribution in [0.15, 0.2) is 54.6 Å². The van der Waals surface area contributed by atoms with Gasteiger partial charge in [-0.15, -0.1) is 0 Å². The lowest BCUT2D eigenvalue weighted by atomic mass is 9.98. The van der Waals surface area contributed by atoms with Gasteiger partial charge in [0.2, 0.25) is 11.8 Å². The Bertz CT molecular complexity index is 963. The predicted octanol–water partition coefficient (Wildman–Crippen LogP) is 3.55. The van der Waals surface area contributed by atoms with Crippen LogP contribution in [0.4, 0.5) is 0 Å². The van der Waals surface area contributed by atoms with Crippen LogP contribution in [0.25, 0.3) is 0 Å². The molecule has 3 atom stereocenters. The van der Waals surface area contributed by atoms with Crippen molar-refractivity contribution >= 4 is 17.7 Å². The number of amides is 3. The number of hydrogen-bond donors (Lipinski definition) is 2. The molecule has 176 valence electrons. The zero-order valence-corrected chi connectivity index (χ0v) is 19.5. The summed E-state index contributed by atoms with van der Waals surface area (Å²) in [5.41, 5.74) is 7.03. The second-order valence-corrected chi connectivity index (χ2v) is 8.50. The Balaban J connectivity index is 1.53. The molecule has 3 amide bonds. The molecule has 0 aliphatic carbocycles. The summed E-state index contributed by atoms with van der Waals surface area (Å²) < 4.78 is 6.01. The first-order chi connectivity index (χ1) is 15.9. The van der Waals surface area contributed by atoms with E-state index < -0.39 is 17.9 Å². The minimum absolute atomic E-state index is 0.0678. The van der Waals surface area contributed by atoms with Gasteiger partial charge >= 0.3 is 0 Å². The number of ether oxygens (including phenoxy) is 1. The van der Waals surface area contributed by atoms with Crippen LogP contribution in [0.1, 0.15) is 57.1 Å². The smallest absolute Gasteiger partial charge is 0.279 e. The molecule has 7 nitrogen and oxygen atoms in total. The molecule has 3 unspecified atom stereocenters. The molecular formula is C26H33N3O4. The molecule has 0 saturated carbocycles. The summed E-state index contributed by atoms with van der Waals surface area (Å²) in [6.07, 6.45) is 0.796. The topological polar surface area (TPSA) is 87.7 Å². The molecule has 0 spiro atoms. The maximum Gasteiger partial charge on any atom is 0.279 e. The van der Waals surface area contributed by atoms with Crippen LogP contribution < -0.4 is 15.6 Å².